The fourth-order valence-electron chi connectivity index (χ4n) is 4.32. The van der Waals surface area contributed by atoms with E-state index in [1.54, 1.807) is 24.3 Å². The highest BCUT2D eigenvalue weighted by molar-refractivity contribution is 7.90. The zero-order chi connectivity index (χ0) is 26.6. The Balaban J connectivity index is 1.62. The van der Waals surface area contributed by atoms with Gasteiger partial charge in [0.15, 0.2) is 0 Å². The molecule has 0 saturated carbocycles. The molecule has 37 heavy (non-hydrogen) atoms. The van der Waals surface area contributed by atoms with Gasteiger partial charge in [0, 0.05) is 38.5 Å². The summed E-state index contributed by atoms with van der Waals surface area (Å²) < 4.78 is 41.0. The van der Waals surface area contributed by atoms with Crippen molar-refractivity contribution >= 4 is 27.7 Å². The van der Waals surface area contributed by atoms with E-state index in [1.807, 2.05) is 18.2 Å². The molecule has 4 rings (SSSR count). The van der Waals surface area contributed by atoms with Gasteiger partial charge < -0.3 is 10.2 Å². The van der Waals surface area contributed by atoms with Crippen LogP contribution in [-0.4, -0.2) is 55.0 Å². The number of halogens is 1. The molecule has 10 heteroatoms. The van der Waals surface area contributed by atoms with Gasteiger partial charge in [0.05, 0.1) is 5.56 Å². The van der Waals surface area contributed by atoms with Crippen molar-refractivity contribution in [3.8, 4) is 0 Å². The Morgan fingerprint density at radius 2 is 1.62 bits per heavy atom. The quantitative estimate of drug-likeness (QED) is 0.465. The van der Waals surface area contributed by atoms with E-state index in [2.05, 4.69) is 5.32 Å². The average molecular weight is 524 g/mol. The highest BCUT2D eigenvalue weighted by atomic mass is 32.2. The Morgan fingerprint density at radius 3 is 2.30 bits per heavy atom. The molecule has 0 fully saturated rings. The molecule has 1 N–H and O–H groups in total. The molecule has 1 aliphatic heterocycles. The monoisotopic (exact) mass is 523 g/mol. The molecule has 1 atom stereocenters. The van der Waals surface area contributed by atoms with Gasteiger partial charge in [-0.2, -0.15) is 0 Å². The number of nitrogens with one attached hydrogen (secondary N) is 1. The van der Waals surface area contributed by atoms with E-state index in [9.17, 15) is 27.2 Å². The minimum Gasteiger partial charge on any atom is -0.357 e. The number of nitrogens with zero attached hydrogens (tertiary/aromatic N) is 2. The predicted octanol–water partition coefficient (Wildman–Crippen LogP) is 2.75. The van der Waals surface area contributed by atoms with Crippen LogP contribution in [0.25, 0.3) is 0 Å². The zero-order valence-electron chi connectivity index (χ0n) is 20.1. The summed E-state index contributed by atoms with van der Waals surface area (Å²) in [6.45, 7) is -0.619. The van der Waals surface area contributed by atoms with Crippen LogP contribution in [0, 0.1) is 5.82 Å². The smallest absolute Gasteiger partial charge is 0.269 e. The van der Waals surface area contributed by atoms with Crippen LogP contribution in [0.5, 0.6) is 0 Å². The molecule has 0 saturated heterocycles. The van der Waals surface area contributed by atoms with E-state index in [-0.39, 0.29) is 35.4 Å². The fraction of sp³-hybridized carbons (Fsp3) is 0.222. The molecule has 1 heterocycles. The van der Waals surface area contributed by atoms with E-state index in [1.165, 1.54) is 48.3 Å². The molecule has 1 aliphatic rings. The molecule has 192 valence electrons. The first kappa shape index (κ1) is 26.0. The lowest BCUT2D eigenvalue weighted by Crippen LogP contribution is -2.50. The number of rotatable bonds is 9. The standard InChI is InChI=1S/C27H26FN3O5S/c1-29-26(33)23(17-19-9-3-2-4-10-19)30(18-20-11-5-7-13-22(20)28)25(32)15-16-31-27(34)21-12-6-8-14-24(21)37(31,35)36/h2-14,23H,15-18H2,1H3,(H,29,33). The first-order valence-corrected chi connectivity index (χ1v) is 13.1. The first-order valence-electron chi connectivity index (χ1n) is 11.7. The average Bonchev–Trinajstić information content (AvgIpc) is 3.10. The number of hydrogen-bond donors (Lipinski definition) is 1. The van der Waals surface area contributed by atoms with Crippen molar-refractivity contribution < 1.29 is 27.2 Å². The highest BCUT2D eigenvalue weighted by Crippen LogP contribution is 2.30. The third kappa shape index (κ3) is 5.39. The summed E-state index contributed by atoms with van der Waals surface area (Å²) in [5.74, 6) is -2.29. The summed E-state index contributed by atoms with van der Waals surface area (Å²) in [5, 5.41) is 2.56. The molecular weight excluding hydrogens is 497 g/mol. The summed E-state index contributed by atoms with van der Waals surface area (Å²) >= 11 is 0. The molecule has 3 aromatic rings. The third-order valence-corrected chi connectivity index (χ3v) is 8.10. The molecule has 3 aromatic carbocycles. The lowest BCUT2D eigenvalue weighted by Gasteiger charge is -2.31. The number of amides is 3. The van der Waals surface area contributed by atoms with E-state index in [0.29, 0.717) is 4.31 Å². The normalized spacial score (nSPS) is 14.6. The van der Waals surface area contributed by atoms with Gasteiger partial charge in [-0.1, -0.05) is 60.7 Å². The highest BCUT2D eigenvalue weighted by Gasteiger charge is 2.41. The van der Waals surface area contributed by atoms with Gasteiger partial charge in [-0.05, 0) is 23.8 Å². The minimum atomic E-state index is -4.10. The van der Waals surface area contributed by atoms with Gasteiger partial charge in [0.1, 0.15) is 16.8 Å². The molecule has 0 radical (unpaired) electrons. The van der Waals surface area contributed by atoms with Gasteiger partial charge in [-0.25, -0.2) is 17.1 Å². The first-order chi connectivity index (χ1) is 17.7. The number of likely N-dealkylation sites (N-methyl/N-ethyl adjacent to an activating group) is 1. The predicted molar refractivity (Wildman–Crippen MR) is 134 cm³/mol. The lowest BCUT2D eigenvalue weighted by atomic mass is 10.0. The van der Waals surface area contributed by atoms with Crippen LogP contribution >= 0.6 is 0 Å². The van der Waals surface area contributed by atoms with Crippen LogP contribution in [0.15, 0.2) is 83.8 Å². The van der Waals surface area contributed by atoms with Gasteiger partial charge in [-0.3, -0.25) is 14.4 Å². The second-order valence-corrected chi connectivity index (χ2v) is 10.4. The maximum Gasteiger partial charge on any atom is 0.269 e. The lowest BCUT2D eigenvalue weighted by molar-refractivity contribution is -0.141. The van der Waals surface area contributed by atoms with Gasteiger partial charge in [0.2, 0.25) is 11.8 Å². The zero-order valence-corrected chi connectivity index (χ0v) is 20.9. The topological polar surface area (TPSA) is 104 Å². The summed E-state index contributed by atoms with van der Waals surface area (Å²) in [6, 6.07) is 19.8. The number of fused-ring (bicyclic) bond motifs is 1. The second kappa shape index (κ2) is 10.9. The number of sulfonamides is 1. The van der Waals surface area contributed by atoms with Crippen molar-refractivity contribution in [1.82, 2.24) is 14.5 Å². The molecular formula is C27H26FN3O5S. The number of benzene rings is 3. The second-order valence-electron chi connectivity index (χ2n) is 8.56. The Labute approximate surface area is 214 Å². The van der Waals surface area contributed by atoms with E-state index in [0.717, 1.165) is 5.56 Å². The number of carbonyl (C=O) groups excluding carboxylic acids is 3. The number of hydrogen-bond acceptors (Lipinski definition) is 5. The Bertz CT molecular complexity index is 1430. The molecule has 0 spiro atoms. The van der Waals surface area contributed by atoms with Crippen LogP contribution in [-0.2, 0) is 32.6 Å². The molecule has 0 aromatic heterocycles. The van der Waals surface area contributed by atoms with Crippen molar-refractivity contribution in [1.29, 1.82) is 0 Å². The van der Waals surface area contributed by atoms with Gasteiger partial charge in [0.25, 0.3) is 15.9 Å². The van der Waals surface area contributed by atoms with Crippen molar-refractivity contribution in [3.63, 3.8) is 0 Å². The summed E-state index contributed by atoms with van der Waals surface area (Å²) in [6.07, 6.45) is -0.219. The van der Waals surface area contributed by atoms with E-state index >= 15 is 0 Å². The van der Waals surface area contributed by atoms with Crippen molar-refractivity contribution in [2.45, 2.75) is 30.3 Å². The maximum absolute atomic E-state index is 14.6. The summed E-state index contributed by atoms with van der Waals surface area (Å²) in [7, 11) is -2.66. The Morgan fingerprint density at radius 1 is 0.973 bits per heavy atom. The Kier molecular flexibility index (Phi) is 7.68. The molecule has 1 unspecified atom stereocenters. The third-order valence-electron chi connectivity index (χ3n) is 6.26. The van der Waals surface area contributed by atoms with Crippen LogP contribution in [0.2, 0.25) is 0 Å². The molecule has 3 amide bonds. The van der Waals surface area contributed by atoms with Crippen LogP contribution < -0.4 is 5.32 Å². The summed E-state index contributed by atoms with van der Waals surface area (Å²) in [4.78, 5) is 40.4. The van der Waals surface area contributed by atoms with Crippen LogP contribution in [0.3, 0.4) is 0 Å². The summed E-state index contributed by atoms with van der Waals surface area (Å²) in [5.41, 5.74) is 1.04. The SMILES string of the molecule is CNC(=O)C(Cc1ccccc1)N(Cc1ccccc1F)C(=O)CCN1C(=O)c2ccccc2S1(=O)=O. The van der Waals surface area contributed by atoms with Gasteiger partial charge >= 0.3 is 0 Å². The molecule has 8 nitrogen and oxygen atoms in total. The maximum atomic E-state index is 14.6. The van der Waals surface area contributed by atoms with E-state index < -0.39 is 46.1 Å². The van der Waals surface area contributed by atoms with Crippen molar-refractivity contribution in [2.75, 3.05) is 13.6 Å². The van der Waals surface area contributed by atoms with Crippen LogP contribution in [0.4, 0.5) is 4.39 Å². The largest absolute Gasteiger partial charge is 0.357 e. The number of carbonyl (C=O) groups is 3. The van der Waals surface area contributed by atoms with E-state index in [4.69, 9.17) is 0 Å². The van der Waals surface area contributed by atoms with Gasteiger partial charge in [-0.15, -0.1) is 0 Å². The van der Waals surface area contributed by atoms with Crippen molar-refractivity contribution in [2.24, 2.45) is 0 Å². The minimum absolute atomic E-state index is 0.0467. The fourth-order valence-corrected chi connectivity index (χ4v) is 5.89. The van der Waals surface area contributed by atoms with Crippen LogP contribution in [0.1, 0.15) is 27.9 Å². The molecule has 0 aliphatic carbocycles. The van der Waals surface area contributed by atoms with Crippen molar-refractivity contribution in [3.05, 3.63) is 101 Å². The molecule has 0 bridgehead atoms. The Hall–Kier alpha value is -4.05.